The highest BCUT2D eigenvalue weighted by molar-refractivity contribution is 6.30. The summed E-state index contributed by atoms with van der Waals surface area (Å²) < 4.78 is 5.57. The standard InChI is InChI=1S/C18H21ClN2O5/c1-10-9-12(19)7-8-15(10)26-11(2)16(22)20-21-17(23)13-5-3-4-6-14(13)18(24)25/h3-4,7-9,11,13-14H,5-6H2,1-2H3,(H,20,22)(H,21,23)(H,24,25)/t11-,13-,14+/m1/s1. The number of carbonyl (C=O) groups excluding carboxylic acids is 2. The zero-order valence-corrected chi connectivity index (χ0v) is 15.2. The summed E-state index contributed by atoms with van der Waals surface area (Å²) in [6.07, 6.45) is 3.24. The molecule has 1 aromatic rings. The van der Waals surface area contributed by atoms with E-state index >= 15 is 0 Å². The number of halogens is 1. The minimum absolute atomic E-state index is 0.288. The Bertz CT molecular complexity index is 734. The third kappa shape index (κ3) is 4.98. The first kappa shape index (κ1) is 19.8. The highest BCUT2D eigenvalue weighted by Crippen LogP contribution is 2.26. The summed E-state index contributed by atoms with van der Waals surface area (Å²) in [6, 6.07) is 5.02. The van der Waals surface area contributed by atoms with Gasteiger partial charge in [-0.2, -0.15) is 0 Å². The molecule has 140 valence electrons. The van der Waals surface area contributed by atoms with Crippen molar-refractivity contribution in [3.8, 4) is 5.75 Å². The van der Waals surface area contributed by atoms with Gasteiger partial charge in [0, 0.05) is 5.02 Å². The fraction of sp³-hybridized carbons (Fsp3) is 0.389. The normalized spacial score (nSPS) is 20.1. The number of ether oxygens (including phenoxy) is 1. The molecule has 0 aromatic heterocycles. The van der Waals surface area contributed by atoms with E-state index in [-0.39, 0.29) is 6.42 Å². The molecule has 1 aliphatic rings. The molecule has 8 heteroatoms. The molecule has 0 saturated carbocycles. The van der Waals surface area contributed by atoms with Gasteiger partial charge in [0.2, 0.25) is 5.91 Å². The van der Waals surface area contributed by atoms with Crippen molar-refractivity contribution in [2.24, 2.45) is 11.8 Å². The monoisotopic (exact) mass is 380 g/mol. The summed E-state index contributed by atoms with van der Waals surface area (Å²) in [5, 5.41) is 9.77. The van der Waals surface area contributed by atoms with Crippen LogP contribution in [0.5, 0.6) is 5.75 Å². The van der Waals surface area contributed by atoms with Crippen molar-refractivity contribution in [3.05, 3.63) is 40.9 Å². The third-order valence-electron chi connectivity index (χ3n) is 4.21. The van der Waals surface area contributed by atoms with Gasteiger partial charge in [-0.25, -0.2) is 0 Å². The maximum Gasteiger partial charge on any atom is 0.307 e. The number of carboxylic acids is 1. The van der Waals surface area contributed by atoms with E-state index in [0.717, 1.165) is 5.56 Å². The number of hydrogen-bond donors (Lipinski definition) is 3. The average molecular weight is 381 g/mol. The van der Waals surface area contributed by atoms with Crippen molar-refractivity contribution in [1.29, 1.82) is 0 Å². The van der Waals surface area contributed by atoms with Crippen LogP contribution in [-0.4, -0.2) is 29.0 Å². The first-order valence-electron chi connectivity index (χ1n) is 8.20. The van der Waals surface area contributed by atoms with Crippen LogP contribution in [0.3, 0.4) is 0 Å². The van der Waals surface area contributed by atoms with Crippen molar-refractivity contribution >= 4 is 29.4 Å². The van der Waals surface area contributed by atoms with Crippen molar-refractivity contribution in [1.82, 2.24) is 10.9 Å². The Hall–Kier alpha value is -2.54. The molecule has 1 aliphatic carbocycles. The lowest BCUT2D eigenvalue weighted by Gasteiger charge is -2.24. The third-order valence-corrected chi connectivity index (χ3v) is 4.44. The number of rotatable bonds is 5. The van der Waals surface area contributed by atoms with Gasteiger partial charge in [-0.1, -0.05) is 23.8 Å². The lowest BCUT2D eigenvalue weighted by molar-refractivity contribution is -0.147. The number of aryl methyl sites for hydroxylation is 1. The molecule has 2 rings (SSSR count). The van der Waals surface area contributed by atoms with E-state index in [0.29, 0.717) is 17.2 Å². The van der Waals surface area contributed by atoms with Crippen LogP contribution in [0.25, 0.3) is 0 Å². The molecule has 0 saturated heterocycles. The molecule has 0 unspecified atom stereocenters. The van der Waals surface area contributed by atoms with Gasteiger partial charge in [-0.15, -0.1) is 0 Å². The molecule has 0 bridgehead atoms. The number of carbonyl (C=O) groups is 3. The zero-order valence-electron chi connectivity index (χ0n) is 14.5. The molecule has 1 aromatic carbocycles. The minimum atomic E-state index is -1.03. The van der Waals surface area contributed by atoms with Crippen LogP contribution in [0.4, 0.5) is 0 Å². The zero-order chi connectivity index (χ0) is 19.3. The summed E-state index contributed by atoms with van der Waals surface area (Å²) in [5.74, 6) is -3.15. The Morgan fingerprint density at radius 2 is 1.85 bits per heavy atom. The summed E-state index contributed by atoms with van der Waals surface area (Å²) in [6.45, 7) is 3.34. The predicted molar refractivity (Wildman–Crippen MR) is 95.6 cm³/mol. The van der Waals surface area contributed by atoms with Crippen LogP contribution < -0.4 is 15.6 Å². The van der Waals surface area contributed by atoms with Gasteiger partial charge < -0.3 is 9.84 Å². The minimum Gasteiger partial charge on any atom is -0.481 e. The van der Waals surface area contributed by atoms with E-state index in [4.69, 9.17) is 16.3 Å². The molecule has 3 atom stereocenters. The number of carboxylic acid groups (broad SMARTS) is 1. The topological polar surface area (TPSA) is 105 Å². The maximum atomic E-state index is 12.2. The highest BCUT2D eigenvalue weighted by Gasteiger charge is 2.34. The van der Waals surface area contributed by atoms with E-state index < -0.39 is 35.7 Å². The largest absolute Gasteiger partial charge is 0.481 e. The van der Waals surface area contributed by atoms with Crippen LogP contribution in [0.2, 0.25) is 5.02 Å². The smallest absolute Gasteiger partial charge is 0.307 e. The van der Waals surface area contributed by atoms with Gasteiger partial charge >= 0.3 is 5.97 Å². The first-order chi connectivity index (χ1) is 12.3. The van der Waals surface area contributed by atoms with Crippen molar-refractivity contribution in [2.45, 2.75) is 32.8 Å². The van der Waals surface area contributed by atoms with Crippen molar-refractivity contribution in [3.63, 3.8) is 0 Å². The Labute approximate surface area is 156 Å². The second kappa shape index (κ2) is 8.71. The maximum absolute atomic E-state index is 12.2. The number of aliphatic carboxylic acids is 1. The van der Waals surface area contributed by atoms with Crippen molar-refractivity contribution in [2.75, 3.05) is 0 Å². The van der Waals surface area contributed by atoms with Crippen LogP contribution in [0.15, 0.2) is 30.4 Å². The number of hydrazine groups is 1. The molecule has 26 heavy (non-hydrogen) atoms. The van der Waals surface area contributed by atoms with Gasteiger partial charge in [-0.3, -0.25) is 25.2 Å². The lowest BCUT2D eigenvalue weighted by atomic mass is 9.82. The summed E-state index contributed by atoms with van der Waals surface area (Å²) in [4.78, 5) is 35.6. The molecule has 3 N–H and O–H groups in total. The number of amides is 2. The second-order valence-corrected chi connectivity index (χ2v) is 6.58. The van der Waals surface area contributed by atoms with Crippen molar-refractivity contribution < 1.29 is 24.2 Å². The fourth-order valence-electron chi connectivity index (χ4n) is 2.68. The Balaban J connectivity index is 1.89. The quantitative estimate of drug-likeness (QED) is 0.536. The summed E-state index contributed by atoms with van der Waals surface area (Å²) in [5.41, 5.74) is 5.35. The van der Waals surface area contributed by atoms with Crippen LogP contribution in [0, 0.1) is 18.8 Å². The highest BCUT2D eigenvalue weighted by atomic mass is 35.5. The van der Waals surface area contributed by atoms with E-state index in [9.17, 15) is 19.5 Å². The second-order valence-electron chi connectivity index (χ2n) is 6.14. The average Bonchev–Trinajstić information content (AvgIpc) is 2.61. The SMILES string of the molecule is Cc1cc(Cl)ccc1O[C@H](C)C(=O)NNC(=O)[C@@H]1CC=CC[C@@H]1C(=O)O. The Kier molecular flexibility index (Phi) is 6.63. The molecule has 0 heterocycles. The van der Waals surface area contributed by atoms with E-state index in [1.54, 1.807) is 44.2 Å². The fourth-order valence-corrected chi connectivity index (χ4v) is 2.91. The molecule has 0 radical (unpaired) electrons. The van der Waals surface area contributed by atoms with Gasteiger partial charge in [0.15, 0.2) is 6.10 Å². The molecule has 0 fully saturated rings. The molecule has 2 amide bonds. The summed E-state index contributed by atoms with van der Waals surface area (Å²) >= 11 is 5.88. The van der Waals surface area contributed by atoms with Gasteiger partial charge in [0.25, 0.3) is 5.91 Å². The Morgan fingerprint density at radius 3 is 2.46 bits per heavy atom. The molecular weight excluding hydrogens is 360 g/mol. The summed E-state index contributed by atoms with van der Waals surface area (Å²) in [7, 11) is 0. The molecule has 0 aliphatic heterocycles. The number of benzene rings is 1. The van der Waals surface area contributed by atoms with E-state index in [2.05, 4.69) is 10.9 Å². The molecular formula is C18H21ClN2O5. The van der Waals surface area contributed by atoms with Gasteiger partial charge in [-0.05, 0) is 50.5 Å². The van der Waals surface area contributed by atoms with Gasteiger partial charge in [0.05, 0.1) is 11.8 Å². The number of hydrogen-bond acceptors (Lipinski definition) is 4. The first-order valence-corrected chi connectivity index (χ1v) is 8.57. The predicted octanol–water partition coefficient (Wildman–Crippen LogP) is 2.23. The molecule has 7 nitrogen and oxygen atoms in total. The lowest BCUT2D eigenvalue weighted by Crippen LogP contribution is -2.50. The Morgan fingerprint density at radius 1 is 1.19 bits per heavy atom. The van der Waals surface area contributed by atoms with E-state index in [1.165, 1.54) is 0 Å². The molecule has 0 spiro atoms. The van der Waals surface area contributed by atoms with E-state index in [1.807, 2.05) is 0 Å². The number of nitrogens with one attached hydrogen (secondary N) is 2. The number of allylic oxidation sites excluding steroid dienone is 2. The van der Waals surface area contributed by atoms with Crippen LogP contribution >= 0.6 is 11.6 Å². The van der Waals surface area contributed by atoms with Crippen LogP contribution in [0.1, 0.15) is 25.3 Å². The van der Waals surface area contributed by atoms with Crippen LogP contribution in [-0.2, 0) is 14.4 Å². The van der Waals surface area contributed by atoms with Gasteiger partial charge in [0.1, 0.15) is 5.75 Å².